The molecule has 2 aromatic heterocycles. The zero-order valence-electron chi connectivity index (χ0n) is 17.1. The van der Waals surface area contributed by atoms with E-state index >= 15 is 0 Å². The highest BCUT2D eigenvalue weighted by Gasteiger charge is 2.16. The molecule has 2 N–H and O–H groups in total. The Morgan fingerprint density at radius 1 is 0.968 bits per heavy atom. The van der Waals surface area contributed by atoms with Crippen molar-refractivity contribution >= 4 is 30.9 Å². The molecule has 0 bridgehead atoms. The molecule has 0 aliphatic carbocycles. The molecule has 1 aromatic carbocycles. The van der Waals surface area contributed by atoms with Crippen LogP contribution in [0.15, 0.2) is 54.2 Å². The van der Waals surface area contributed by atoms with E-state index in [0.717, 1.165) is 32.3 Å². The smallest absolute Gasteiger partial charge is 0.245 e. The van der Waals surface area contributed by atoms with Crippen LogP contribution in [0.3, 0.4) is 0 Å². The average Bonchev–Trinajstić information content (AvgIpc) is 3.14. The molecule has 3 aromatic rings. The lowest BCUT2D eigenvalue weighted by atomic mass is 10.0. The Kier molecular flexibility index (Phi) is 6.84. The first kappa shape index (κ1) is 23.0. The third-order valence-electron chi connectivity index (χ3n) is 5.05. The molecule has 10 nitrogen and oxygen atoms in total. The van der Waals surface area contributed by atoms with Gasteiger partial charge in [0.25, 0.3) is 0 Å². The van der Waals surface area contributed by atoms with Gasteiger partial charge in [-0.2, -0.15) is 0 Å². The van der Waals surface area contributed by atoms with Gasteiger partial charge in [-0.05, 0) is 48.5 Å². The summed E-state index contributed by atoms with van der Waals surface area (Å²) >= 11 is 0. The molecule has 166 valence electrons. The maximum atomic E-state index is 11.9. The van der Waals surface area contributed by atoms with Gasteiger partial charge in [0.2, 0.25) is 37.7 Å². The topological polar surface area (TPSA) is 131 Å². The SMILES string of the molecule is CNS(=O)(=O)CCc1ccc2c(c1)c(-c1cc[n+](N=O)cc1)cn2CCS(=O)(=O)NC. The molecule has 0 atom stereocenters. The van der Waals surface area contributed by atoms with Crippen molar-refractivity contribution < 1.29 is 21.5 Å². The Morgan fingerprint density at radius 2 is 1.61 bits per heavy atom. The zero-order chi connectivity index (χ0) is 22.6. The molecule has 0 aliphatic rings. The Morgan fingerprint density at radius 3 is 2.23 bits per heavy atom. The zero-order valence-corrected chi connectivity index (χ0v) is 18.8. The van der Waals surface area contributed by atoms with E-state index in [1.807, 2.05) is 29.0 Å². The van der Waals surface area contributed by atoms with Crippen molar-refractivity contribution in [1.29, 1.82) is 0 Å². The number of nitrogens with zero attached hydrogens (tertiary/aromatic N) is 3. The molecule has 0 spiro atoms. The summed E-state index contributed by atoms with van der Waals surface area (Å²) < 4.78 is 54.9. The standard InChI is InChI=1S/C19H24N5O5S2/c1-20-30(26,27)11-7-15-3-4-19-17(13-15)18(16-5-8-24(22-25)9-6-16)14-23(19)10-12-31(28,29)21-2/h3-6,8-9,13-14,20-21H,7,10-12H2,1-2H3/q+1. The summed E-state index contributed by atoms with van der Waals surface area (Å²) in [7, 11) is -3.96. The van der Waals surface area contributed by atoms with Crippen LogP contribution in [0.25, 0.3) is 22.0 Å². The number of sulfonamides is 2. The van der Waals surface area contributed by atoms with Crippen LogP contribution in [0.4, 0.5) is 0 Å². The fourth-order valence-electron chi connectivity index (χ4n) is 3.24. The number of pyridine rings is 1. The van der Waals surface area contributed by atoms with Gasteiger partial charge in [0.05, 0.1) is 11.5 Å². The average molecular weight is 467 g/mol. The molecule has 0 aliphatic heterocycles. The molecule has 0 radical (unpaired) electrons. The van der Waals surface area contributed by atoms with Crippen LogP contribution in [0.1, 0.15) is 5.56 Å². The van der Waals surface area contributed by atoms with Crippen LogP contribution in [0, 0.1) is 4.91 Å². The maximum Gasteiger partial charge on any atom is 0.245 e. The number of nitroso groups, excluding NO2 is 1. The quantitative estimate of drug-likeness (QED) is 0.337. The molecule has 3 rings (SSSR count). The van der Waals surface area contributed by atoms with Crippen molar-refractivity contribution in [1.82, 2.24) is 14.0 Å². The van der Waals surface area contributed by atoms with E-state index in [1.165, 1.54) is 26.5 Å². The van der Waals surface area contributed by atoms with E-state index in [0.29, 0.717) is 6.42 Å². The molecule has 2 heterocycles. The van der Waals surface area contributed by atoms with Gasteiger partial charge >= 0.3 is 0 Å². The van der Waals surface area contributed by atoms with Crippen LogP contribution >= 0.6 is 0 Å². The van der Waals surface area contributed by atoms with E-state index in [1.54, 1.807) is 12.1 Å². The number of aryl methyl sites for hydroxylation is 2. The molecular formula is C19H24N5O5S2+. The van der Waals surface area contributed by atoms with E-state index < -0.39 is 20.0 Å². The van der Waals surface area contributed by atoms with Gasteiger partial charge in [-0.3, -0.25) is 0 Å². The lowest BCUT2D eigenvalue weighted by molar-refractivity contribution is -0.681. The van der Waals surface area contributed by atoms with E-state index in [2.05, 4.69) is 14.7 Å². The first-order valence-electron chi connectivity index (χ1n) is 9.47. The lowest BCUT2D eigenvalue weighted by Crippen LogP contribution is -2.24. The fraction of sp³-hybridized carbons (Fsp3) is 0.316. The number of fused-ring (bicyclic) bond motifs is 1. The van der Waals surface area contributed by atoms with E-state index in [-0.39, 0.29) is 18.1 Å². The van der Waals surface area contributed by atoms with Crippen LogP contribution in [0.5, 0.6) is 0 Å². The van der Waals surface area contributed by atoms with Crippen molar-refractivity contribution in [2.24, 2.45) is 5.29 Å². The molecule has 31 heavy (non-hydrogen) atoms. The normalized spacial score (nSPS) is 12.3. The third kappa shape index (κ3) is 5.53. The summed E-state index contributed by atoms with van der Waals surface area (Å²) in [5.41, 5.74) is 3.33. The second kappa shape index (κ2) is 9.22. The van der Waals surface area contributed by atoms with Crippen molar-refractivity contribution in [3.8, 4) is 11.1 Å². The molecule has 12 heteroatoms. The van der Waals surface area contributed by atoms with Crippen molar-refractivity contribution in [3.63, 3.8) is 0 Å². The summed E-state index contributed by atoms with van der Waals surface area (Å²) in [6, 6.07) is 9.10. The minimum absolute atomic E-state index is 0.0399. The molecule has 0 saturated carbocycles. The number of benzene rings is 1. The summed E-state index contributed by atoms with van der Waals surface area (Å²) in [6.07, 6.45) is 5.25. The minimum atomic E-state index is -3.38. The Labute approximate surface area is 180 Å². The molecule has 0 saturated heterocycles. The fourth-order valence-corrected chi connectivity index (χ4v) is 4.59. The Hall–Kier alpha value is -2.67. The Balaban J connectivity index is 2.05. The molecule has 0 unspecified atom stereocenters. The van der Waals surface area contributed by atoms with Gasteiger partial charge < -0.3 is 4.57 Å². The maximum absolute atomic E-state index is 11.9. The van der Waals surface area contributed by atoms with Crippen LogP contribution in [0.2, 0.25) is 0 Å². The second-order valence-electron chi connectivity index (χ2n) is 6.93. The van der Waals surface area contributed by atoms with E-state index in [4.69, 9.17) is 0 Å². The van der Waals surface area contributed by atoms with Gasteiger partial charge in [0.1, 0.15) is 0 Å². The van der Waals surface area contributed by atoms with Gasteiger partial charge in [-0.25, -0.2) is 26.3 Å². The summed E-state index contributed by atoms with van der Waals surface area (Å²) in [4.78, 5) is 10.7. The van der Waals surface area contributed by atoms with Gasteiger partial charge in [0, 0.05) is 41.3 Å². The number of rotatable bonds is 10. The highest BCUT2D eigenvalue weighted by atomic mass is 32.2. The summed E-state index contributed by atoms with van der Waals surface area (Å²) in [6.45, 7) is 0.246. The summed E-state index contributed by atoms with van der Waals surface area (Å²) in [5.74, 6) is -0.124. The molecule has 0 amide bonds. The number of hydrogen-bond donors (Lipinski definition) is 2. The highest BCUT2D eigenvalue weighted by molar-refractivity contribution is 7.89. The predicted molar refractivity (Wildman–Crippen MR) is 118 cm³/mol. The van der Waals surface area contributed by atoms with Crippen molar-refractivity contribution in [2.75, 3.05) is 25.6 Å². The number of aromatic nitrogens is 2. The Bertz CT molecular complexity index is 1300. The van der Waals surface area contributed by atoms with Crippen molar-refractivity contribution in [3.05, 3.63) is 59.4 Å². The van der Waals surface area contributed by atoms with Gasteiger partial charge in [-0.1, -0.05) is 11.0 Å². The molecular weight excluding hydrogens is 442 g/mol. The number of nitrogens with one attached hydrogen (secondary N) is 2. The van der Waals surface area contributed by atoms with Crippen LogP contribution in [-0.4, -0.2) is 47.0 Å². The van der Waals surface area contributed by atoms with Crippen LogP contribution in [-0.2, 0) is 33.0 Å². The first-order chi connectivity index (χ1) is 14.7. The van der Waals surface area contributed by atoms with Crippen LogP contribution < -0.4 is 14.1 Å². The molecule has 0 fully saturated rings. The third-order valence-corrected chi connectivity index (χ3v) is 7.75. The largest absolute Gasteiger partial charge is 0.346 e. The first-order valence-corrected chi connectivity index (χ1v) is 12.8. The van der Waals surface area contributed by atoms with Gasteiger partial charge in [0.15, 0.2) is 0 Å². The van der Waals surface area contributed by atoms with Crippen molar-refractivity contribution in [2.45, 2.75) is 13.0 Å². The minimum Gasteiger partial charge on any atom is -0.346 e. The predicted octanol–water partition coefficient (Wildman–Crippen LogP) is 0.766. The van der Waals surface area contributed by atoms with E-state index in [9.17, 15) is 21.7 Å². The highest BCUT2D eigenvalue weighted by Crippen LogP contribution is 2.31. The summed E-state index contributed by atoms with van der Waals surface area (Å²) in [5, 5.41) is 3.69. The number of hydrogen-bond acceptors (Lipinski definition) is 6. The second-order valence-corrected chi connectivity index (χ2v) is 11.0. The monoisotopic (exact) mass is 466 g/mol. The van der Waals surface area contributed by atoms with Gasteiger partial charge in [-0.15, -0.1) is 0 Å². The lowest BCUT2D eigenvalue weighted by Gasteiger charge is -2.07.